The van der Waals surface area contributed by atoms with Crippen molar-refractivity contribution < 1.29 is 18.0 Å². The smallest absolute Gasteiger partial charge is 0.264 e. The van der Waals surface area contributed by atoms with Crippen LogP contribution in [0.25, 0.3) is 0 Å². The molecular formula is C31H39N3O4S. The van der Waals surface area contributed by atoms with Gasteiger partial charge in [0.05, 0.1) is 10.6 Å². The molecule has 1 N–H and O–H groups in total. The van der Waals surface area contributed by atoms with Gasteiger partial charge < -0.3 is 10.2 Å². The zero-order chi connectivity index (χ0) is 28.7. The molecule has 0 aliphatic rings. The van der Waals surface area contributed by atoms with Crippen molar-refractivity contribution >= 4 is 27.5 Å². The van der Waals surface area contributed by atoms with Crippen molar-refractivity contribution in [3.8, 4) is 0 Å². The van der Waals surface area contributed by atoms with Crippen LogP contribution in [-0.4, -0.2) is 44.3 Å². The highest BCUT2D eigenvalue weighted by atomic mass is 32.2. The first-order valence-corrected chi connectivity index (χ1v) is 14.7. The molecule has 0 aliphatic heterocycles. The maximum Gasteiger partial charge on any atom is 0.264 e. The molecule has 1 atom stereocenters. The third-order valence-corrected chi connectivity index (χ3v) is 8.61. The molecule has 0 unspecified atom stereocenters. The molecule has 0 spiro atoms. The van der Waals surface area contributed by atoms with Crippen LogP contribution < -0.4 is 9.62 Å². The quantitative estimate of drug-likeness (QED) is 0.362. The van der Waals surface area contributed by atoms with Gasteiger partial charge in [0.15, 0.2) is 0 Å². The molecule has 208 valence electrons. The van der Waals surface area contributed by atoms with E-state index in [1.165, 1.54) is 4.90 Å². The summed E-state index contributed by atoms with van der Waals surface area (Å²) in [5.41, 5.74) is 5.14. The van der Waals surface area contributed by atoms with Gasteiger partial charge in [-0.05, 0) is 82.0 Å². The number of rotatable bonds is 11. The van der Waals surface area contributed by atoms with Gasteiger partial charge >= 0.3 is 0 Å². The topological polar surface area (TPSA) is 86.8 Å². The van der Waals surface area contributed by atoms with Crippen LogP contribution in [0.5, 0.6) is 0 Å². The number of nitrogens with one attached hydrogen (secondary N) is 1. The fourth-order valence-electron chi connectivity index (χ4n) is 4.23. The summed E-state index contributed by atoms with van der Waals surface area (Å²) in [7, 11) is -4.08. The minimum Gasteiger partial charge on any atom is -0.354 e. The van der Waals surface area contributed by atoms with E-state index in [9.17, 15) is 18.0 Å². The number of carbonyl (C=O) groups is 2. The Kier molecular flexibility index (Phi) is 9.92. The summed E-state index contributed by atoms with van der Waals surface area (Å²) in [6.45, 7) is 11.5. The molecule has 0 saturated heterocycles. The van der Waals surface area contributed by atoms with E-state index in [0.29, 0.717) is 12.2 Å². The number of aryl methyl sites for hydroxylation is 4. The highest BCUT2D eigenvalue weighted by molar-refractivity contribution is 7.92. The first-order valence-electron chi connectivity index (χ1n) is 13.2. The van der Waals surface area contributed by atoms with Gasteiger partial charge in [-0.15, -0.1) is 0 Å². The average Bonchev–Trinajstić information content (AvgIpc) is 2.90. The molecule has 0 radical (unpaired) electrons. The van der Waals surface area contributed by atoms with Crippen molar-refractivity contribution in [3.05, 3.63) is 94.5 Å². The van der Waals surface area contributed by atoms with Crippen molar-refractivity contribution in [3.63, 3.8) is 0 Å². The third-order valence-electron chi connectivity index (χ3n) is 6.82. The summed E-state index contributed by atoms with van der Waals surface area (Å²) < 4.78 is 29.0. The maximum absolute atomic E-state index is 14.0. The fraction of sp³-hybridized carbons (Fsp3) is 0.355. The minimum atomic E-state index is -4.08. The van der Waals surface area contributed by atoms with Gasteiger partial charge in [-0.1, -0.05) is 60.5 Å². The number of hydrogen-bond donors (Lipinski definition) is 1. The molecule has 0 fully saturated rings. The van der Waals surface area contributed by atoms with E-state index in [0.717, 1.165) is 38.5 Å². The lowest BCUT2D eigenvalue weighted by Gasteiger charge is -2.32. The summed E-state index contributed by atoms with van der Waals surface area (Å²) in [5.74, 6) is -0.749. The van der Waals surface area contributed by atoms with Gasteiger partial charge in [0, 0.05) is 13.1 Å². The largest absolute Gasteiger partial charge is 0.354 e. The van der Waals surface area contributed by atoms with Crippen molar-refractivity contribution in [2.45, 2.75) is 65.4 Å². The second kappa shape index (κ2) is 12.9. The molecule has 3 aromatic rings. The average molecular weight is 550 g/mol. The van der Waals surface area contributed by atoms with E-state index in [1.807, 2.05) is 65.0 Å². The van der Waals surface area contributed by atoms with Gasteiger partial charge in [0.1, 0.15) is 12.6 Å². The van der Waals surface area contributed by atoms with Crippen LogP contribution in [-0.2, 0) is 26.2 Å². The number of sulfonamides is 1. The molecule has 0 aliphatic carbocycles. The standard InChI is InChI=1S/C31H39N3O4S/c1-7-17-32-31(36)26(6)33(20-27-10-8-9-23(3)18-27)30(35)21-34(28-14-13-24(4)25(5)19-28)39(37,38)29-15-11-22(2)12-16-29/h8-16,18-19,26H,7,17,20-21H2,1-6H3,(H,32,36)/t26-/m0/s1. The van der Waals surface area contributed by atoms with Crippen molar-refractivity contribution in [1.82, 2.24) is 10.2 Å². The Morgan fingerprint density at radius 3 is 2.18 bits per heavy atom. The summed E-state index contributed by atoms with van der Waals surface area (Å²) >= 11 is 0. The summed E-state index contributed by atoms with van der Waals surface area (Å²) in [4.78, 5) is 28.5. The van der Waals surface area contributed by atoms with Gasteiger partial charge in [-0.3, -0.25) is 13.9 Å². The van der Waals surface area contributed by atoms with Gasteiger partial charge in [-0.2, -0.15) is 0 Å². The predicted octanol–water partition coefficient (Wildman–Crippen LogP) is 5.06. The lowest BCUT2D eigenvalue weighted by atomic mass is 10.1. The second-order valence-electron chi connectivity index (χ2n) is 10.1. The summed E-state index contributed by atoms with van der Waals surface area (Å²) in [6.07, 6.45) is 0.764. The number of benzene rings is 3. The van der Waals surface area contributed by atoms with Crippen LogP contribution in [0.1, 0.15) is 48.1 Å². The monoisotopic (exact) mass is 549 g/mol. The molecule has 3 rings (SSSR count). The SMILES string of the molecule is CCCNC(=O)[C@H](C)N(Cc1cccc(C)c1)C(=O)CN(c1ccc(C)c(C)c1)S(=O)(=O)c1ccc(C)cc1. The lowest BCUT2D eigenvalue weighted by molar-refractivity contribution is -0.139. The zero-order valence-corrected chi connectivity index (χ0v) is 24.5. The van der Waals surface area contributed by atoms with Crippen LogP contribution >= 0.6 is 0 Å². The molecule has 8 heteroatoms. The van der Waals surface area contributed by atoms with Crippen molar-refractivity contribution in [1.29, 1.82) is 0 Å². The highest BCUT2D eigenvalue weighted by Crippen LogP contribution is 2.27. The normalized spacial score (nSPS) is 12.1. The van der Waals surface area contributed by atoms with Crippen molar-refractivity contribution in [2.75, 3.05) is 17.4 Å². The van der Waals surface area contributed by atoms with Crippen LogP contribution in [0, 0.1) is 27.7 Å². The molecule has 0 bridgehead atoms. The maximum atomic E-state index is 14.0. The molecule has 7 nitrogen and oxygen atoms in total. The molecule has 2 amide bonds. The van der Waals surface area contributed by atoms with E-state index in [-0.39, 0.29) is 17.3 Å². The predicted molar refractivity (Wildman–Crippen MR) is 156 cm³/mol. The van der Waals surface area contributed by atoms with E-state index in [1.54, 1.807) is 43.3 Å². The van der Waals surface area contributed by atoms with Gasteiger partial charge in [0.2, 0.25) is 11.8 Å². The highest BCUT2D eigenvalue weighted by Gasteiger charge is 2.32. The number of amides is 2. The van der Waals surface area contributed by atoms with E-state index in [4.69, 9.17) is 0 Å². The zero-order valence-electron chi connectivity index (χ0n) is 23.7. The third kappa shape index (κ3) is 7.47. The molecular weight excluding hydrogens is 510 g/mol. The number of nitrogens with zero attached hydrogens (tertiary/aromatic N) is 2. The molecule has 3 aromatic carbocycles. The minimum absolute atomic E-state index is 0.0955. The first kappa shape index (κ1) is 29.9. The molecule has 0 saturated carbocycles. The number of anilines is 1. The Hall–Kier alpha value is -3.65. The lowest BCUT2D eigenvalue weighted by Crippen LogP contribution is -2.51. The summed E-state index contributed by atoms with van der Waals surface area (Å²) in [5, 5.41) is 2.86. The Labute approximate surface area is 232 Å². The van der Waals surface area contributed by atoms with Gasteiger partial charge in [-0.25, -0.2) is 8.42 Å². The molecule has 0 heterocycles. The van der Waals surface area contributed by atoms with Crippen LogP contribution in [0.3, 0.4) is 0 Å². The Morgan fingerprint density at radius 1 is 0.872 bits per heavy atom. The number of carbonyl (C=O) groups excluding carboxylic acids is 2. The van der Waals surface area contributed by atoms with E-state index in [2.05, 4.69) is 5.32 Å². The van der Waals surface area contributed by atoms with Crippen LogP contribution in [0.2, 0.25) is 0 Å². The van der Waals surface area contributed by atoms with Gasteiger partial charge in [0.25, 0.3) is 10.0 Å². The fourth-order valence-corrected chi connectivity index (χ4v) is 5.64. The Bertz CT molecular complexity index is 1420. The number of hydrogen-bond acceptors (Lipinski definition) is 4. The van der Waals surface area contributed by atoms with Crippen LogP contribution in [0.15, 0.2) is 71.6 Å². The van der Waals surface area contributed by atoms with E-state index < -0.39 is 28.5 Å². The Morgan fingerprint density at radius 2 is 1.56 bits per heavy atom. The first-order chi connectivity index (χ1) is 18.4. The summed E-state index contributed by atoms with van der Waals surface area (Å²) in [6, 6.07) is 18.8. The van der Waals surface area contributed by atoms with Crippen molar-refractivity contribution in [2.24, 2.45) is 0 Å². The second-order valence-corrected chi connectivity index (χ2v) is 11.9. The van der Waals surface area contributed by atoms with E-state index >= 15 is 0 Å². The molecule has 39 heavy (non-hydrogen) atoms. The van der Waals surface area contributed by atoms with Crippen LogP contribution in [0.4, 0.5) is 5.69 Å². The Balaban J connectivity index is 2.04. The molecule has 0 aromatic heterocycles.